The fourth-order valence-corrected chi connectivity index (χ4v) is 3.63. The Morgan fingerprint density at radius 1 is 1.03 bits per heavy atom. The minimum absolute atomic E-state index is 0.0443. The van der Waals surface area contributed by atoms with Crippen molar-refractivity contribution in [2.45, 2.75) is 26.8 Å². The highest BCUT2D eigenvalue weighted by atomic mass is 16.5. The van der Waals surface area contributed by atoms with Crippen LogP contribution in [0.2, 0.25) is 0 Å². The summed E-state index contributed by atoms with van der Waals surface area (Å²) in [5, 5.41) is 7.21. The molecule has 150 valence electrons. The first-order valence-electron chi connectivity index (χ1n) is 10.0. The van der Waals surface area contributed by atoms with Gasteiger partial charge in [-0.3, -0.25) is 9.89 Å². The molecule has 0 spiro atoms. The van der Waals surface area contributed by atoms with E-state index in [1.54, 1.807) is 0 Å². The number of ether oxygens (including phenoxy) is 2. The average molecular weight is 391 g/mol. The number of carbonyl (C=O) groups excluding carboxylic acids is 1. The molecule has 0 atom stereocenters. The number of fused-ring (bicyclic) bond motifs is 1. The molecular formula is C23H25N3O3. The zero-order valence-electron chi connectivity index (χ0n) is 16.8. The lowest BCUT2D eigenvalue weighted by molar-refractivity contribution is 0.0728. The highest BCUT2D eigenvalue weighted by molar-refractivity contribution is 5.93. The van der Waals surface area contributed by atoms with Gasteiger partial charge in [0.15, 0.2) is 11.5 Å². The van der Waals surface area contributed by atoms with Gasteiger partial charge in [-0.2, -0.15) is 5.10 Å². The Bertz CT molecular complexity index is 998. The van der Waals surface area contributed by atoms with Crippen LogP contribution in [-0.2, 0) is 13.0 Å². The maximum absolute atomic E-state index is 13.0. The Hall–Kier alpha value is -3.28. The van der Waals surface area contributed by atoms with Crippen LogP contribution in [0.1, 0.15) is 35.5 Å². The summed E-state index contributed by atoms with van der Waals surface area (Å²) in [7, 11) is 0. The maximum Gasteiger partial charge on any atom is 0.272 e. The van der Waals surface area contributed by atoms with Crippen molar-refractivity contribution in [2.75, 3.05) is 19.8 Å². The number of hydrogen-bond acceptors (Lipinski definition) is 4. The van der Waals surface area contributed by atoms with E-state index in [0.717, 1.165) is 34.7 Å². The van der Waals surface area contributed by atoms with Gasteiger partial charge in [0.25, 0.3) is 5.91 Å². The second-order valence-electron chi connectivity index (χ2n) is 6.94. The van der Waals surface area contributed by atoms with E-state index in [2.05, 4.69) is 16.3 Å². The van der Waals surface area contributed by atoms with Crippen molar-refractivity contribution in [1.29, 1.82) is 0 Å². The van der Waals surface area contributed by atoms with Gasteiger partial charge in [-0.1, -0.05) is 30.3 Å². The molecular weight excluding hydrogens is 366 g/mol. The number of benzene rings is 2. The number of nitrogens with one attached hydrogen (secondary N) is 1. The number of aromatic nitrogens is 2. The number of carbonyl (C=O) groups is 1. The molecule has 2 heterocycles. The molecule has 29 heavy (non-hydrogen) atoms. The zero-order valence-corrected chi connectivity index (χ0v) is 16.8. The van der Waals surface area contributed by atoms with E-state index in [9.17, 15) is 4.79 Å². The number of nitrogens with zero attached hydrogens (tertiary/aromatic N) is 2. The molecule has 0 unspecified atom stereocenters. The van der Waals surface area contributed by atoms with Crippen molar-refractivity contribution in [3.8, 4) is 22.8 Å². The molecule has 4 rings (SSSR count). The second kappa shape index (κ2) is 8.39. The molecule has 0 radical (unpaired) electrons. The normalized spacial score (nSPS) is 13.1. The molecule has 0 aliphatic carbocycles. The summed E-state index contributed by atoms with van der Waals surface area (Å²) in [6, 6.07) is 15.7. The largest absolute Gasteiger partial charge is 0.490 e. The van der Waals surface area contributed by atoms with Crippen molar-refractivity contribution in [1.82, 2.24) is 15.1 Å². The van der Waals surface area contributed by atoms with Gasteiger partial charge < -0.3 is 14.4 Å². The van der Waals surface area contributed by atoms with E-state index in [1.165, 1.54) is 5.56 Å². The van der Waals surface area contributed by atoms with Crippen molar-refractivity contribution in [2.24, 2.45) is 0 Å². The lowest BCUT2D eigenvalue weighted by atomic mass is 9.98. The predicted molar refractivity (Wildman–Crippen MR) is 111 cm³/mol. The molecule has 1 aliphatic rings. The summed E-state index contributed by atoms with van der Waals surface area (Å²) in [5.41, 5.74) is 4.56. The van der Waals surface area contributed by atoms with E-state index in [1.807, 2.05) is 61.2 Å². The van der Waals surface area contributed by atoms with E-state index in [-0.39, 0.29) is 5.91 Å². The summed E-state index contributed by atoms with van der Waals surface area (Å²) in [6.45, 7) is 6.27. The van der Waals surface area contributed by atoms with Crippen molar-refractivity contribution < 1.29 is 14.3 Å². The average Bonchev–Trinajstić information content (AvgIpc) is 3.24. The van der Waals surface area contributed by atoms with Crippen LogP contribution >= 0.6 is 0 Å². The first-order valence-corrected chi connectivity index (χ1v) is 10.0. The molecule has 0 fully saturated rings. The summed E-state index contributed by atoms with van der Waals surface area (Å²) >= 11 is 0. The van der Waals surface area contributed by atoms with Gasteiger partial charge in [-0.25, -0.2) is 0 Å². The number of amides is 1. The van der Waals surface area contributed by atoms with Crippen molar-refractivity contribution >= 4 is 5.91 Å². The van der Waals surface area contributed by atoms with E-state index in [4.69, 9.17) is 9.47 Å². The molecule has 0 saturated heterocycles. The molecule has 6 nitrogen and oxygen atoms in total. The van der Waals surface area contributed by atoms with Gasteiger partial charge in [0.05, 0.1) is 18.9 Å². The fourth-order valence-electron chi connectivity index (χ4n) is 3.63. The van der Waals surface area contributed by atoms with Crippen LogP contribution in [0, 0.1) is 0 Å². The topological polar surface area (TPSA) is 67.5 Å². The third-order valence-corrected chi connectivity index (χ3v) is 5.04. The Balaban J connectivity index is 1.54. The van der Waals surface area contributed by atoms with Crippen LogP contribution in [0.4, 0.5) is 0 Å². The molecule has 0 saturated carbocycles. The highest BCUT2D eigenvalue weighted by Gasteiger charge is 2.25. The zero-order chi connectivity index (χ0) is 20.2. The molecule has 6 heteroatoms. The lowest BCUT2D eigenvalue weighted by Gasteiger charge is -2.29. The third kappa shape index (κ3) is 3.97. The minimum atomic E-state index is -0.0443. The van der Waals surface area contributed by atoms with Gasteiger partial charge in [0.1, 0.15) is 5.69 Å². The Morgan fingerprint density at radius 3 is 2.41 bits per heavy atom. The van der Waals surface area contributed by atoms with E-state index >= 15 is 0 Å². The van der Waals surface area contributed by atoms with E-state index in [0.29, 0.717) is 32.0 Å². The third-order valence-electron chi connectivity index (χ3n) is 5.04. The first kappa shape index (κ1) is 19.1. The van der Waals surface area contributed by atoms with Crippen LogP contribution in [-0.4, -0.2) is 40.8 Å². The van der Waals surface area contributed by atoms with Gasteiger partial charge in [0.2, 0.25) is 0 Å². The van der Waals surface area contributed by atoms with Gasteiger partial charge in [0, 0.05) is 18.7 Å². The lowest BCUT2D eigenvalue weighted by Crippen LogP contribution is -2.36. The minimum Gasteiger partial charge on any atom is -0.490 e. The molecule has 1 aromatic heterocycles. The second-order valence-corrected chi connectivity index (χ2v) is 6.94. The molecule has 0 bridgehead atoms. The standard InChI is InChI=1S/C23H25N3O3/c1-3-28-21-12-17-10-11-26(15-18(17)13-22(21)29-4-2)23(27)20-14-19(24-25-20)16-8-6-5-7-9-16/h5-9,12-14H,3-4,10-11,15H2,1-2H3,(H,24,25). The monoisotopic (exact) mass is 391 g/mol. The molecule has 1 N–H and O–H groups in total. The molecule has 3 aromatic rings. The Kier molecular flexibility index (Phi) is 5.51. The Labute approximate surface area is 170 Å². The van der Waals surface area contributed by atoms with Gasteiger partial charge in [-0.15, -0.1) is 0 Å². The molecule has 1 aliphatic heterocycles. The number of H-pyrrole nitrogens is 1. The predicted octanol–water partition coefficient (Wildman–Crippen LogP) is 4.07. The summed E-state index contributed by atoms with van der Waals surface area (Å²) in [6.07, 6.45) is 0.785. The van der Waals surface area contributed by atoms with Crippen LogP contribution in [0.25, 0.3) is 11.3 Å². The first-order chi connectivity index (χ1) is 14.2. The molecule has 1 amide bonds. The van der Waals surface area contributed by atoms with E-state index < -0.39 is 0 Å². The SMILES string of the molecule is CCOc1cc2c(cc1OCC)CN(C(=O)c1cc(-c3ccccc3)n[nH]1)CC2. The molecule has 2 aromatic carbocycles. The number of hydrogen-bond donors (Lipinski definition) is 1. The maximum atomic E-state index is 13.0. The van der Waals surface area contributed by atoms with Crippen LogP contribution in [0.15, 0.2) is 48.5 Å². The Morgan fingerprint density at radius 2 is 1.72 bits per heavy atom. The fraction of sp³-hybridized carbons (Fsp3) is 0.304. The van der Waals surface area contributed by atoms with Gasteiger partial charge >= 0.3 is 0 Å². The van der Waals surface area contributed by atoms with Crippen molar-refractivity contribution in [3.63, 3.8) is 0 Å². The van der Waals surface area contributed by atoms with Crippen molar-refractivity contribution in [3.05, 3.63) is 65.4 Å². The van der Waals surface area contributed by atoms with Crippen LogP contribution < -0.4 is 9.47 Å². The van der Waals surface area contributed by atoms with Crippen LogP contribution in [0.3, 0.4) is 0 Å². The summed E-state index contributed by atoms with van der Waals surface area (Å²) in [4.78, 5) is 14.9. The highest BCUT2D eigenvalue weighted by Crippen LogP contribution is 2.34. The smallest absolute Gasteiger partial charge is 0.272 e. The van der Waals surface area contributed by atoms with Crippen LogP contribution in [0.5, 0.6) is 11.5 Å². The summed E-state index contributed by atoms with van der Waals surface area (Å²) < 4.78 is 11.5. The van der Waals surface area contributed by atoms with Gasteiger partial charge in [-0.05, 0) is 49.6 Å². The number of rotatable bonds is 6. The number of aromatic amines is 1. The quantitative estimate of drug-likeness (QED) is 0.688. The summed E-state index contributed by atoms with van der Waals surface area (Å²) in [5.74, 6) is 1.46.